The lowest BCUT2D eigenvalue weighted by molar-refractivity contribution is -0.186. The fourth-order valence-electron chi connectivity index (χ4n) is 3.36. The molecule has 0 amide bonds. The molecule has 4 atom stereocenters. The number of hydrogen-bond acceptors (Lipinski definition) is 10. The summed E-state index contributed by atoms with van der Waals surface area (Å²) < 4.78 is 27.4. The first kappa shape index (κ1) is 24.4. The molecule has 0 aliphatic carbocycles. The maximum atomic E-state index is 11.8. The minimum absolute atomic E-state index is 0.294. The monoisotopic (exact) mass is 475 g/mol. The minimum Gasteiger partial charge on any atom is -0.481 e. The lowest BCUT2D eigenvalue weighted by Gasteiger charge is -2.39. The van der Waals surface area contributed by atoms with Crippen LogP contribution in [-0.4, -0.2) is 59.5 Å². The van der Waals surface area contributed by atoms with E-state index in [9.17, 15) is 14.4 Å². The van der Waals surface area contributed by atoms with E-state index < -0.39 is 41.7 Å². The smallest absolute Gasteiger partial charge is 0.303 e. The van der Waals surface area contributed by atoms with Gasteiger partial charge in [-0.05, 0) is 23.8 Å². The molecule has 0 unspecified atom stereocenters. The number of pyridine rings is 1. The molecule has 0 spiro atoms. The molecular weight excluding hydrogens is 450 g/mol. The number of methoxy groups -OCH3 is 1. The van der Waals surface area contributed by atoms with E-state index in [1.54, 1.807) is 25.4 Å². The van der Waals surface area contributed by atoms with Crippen molar-refractivity contribution >= 4 is 29.7 Å². The van der Waals surface area contributed by atoms with Crippen LogP contribution in [0.15, 0.2) is 42.6 Å². The predicted molar refractivity (Wildman–Crippen MR) is 120 cm³/mol. The second-order valence-electron chi connectivity index (χ2n) is 7.23. The summed E-state index contributed by atoms with van der Waals surface area (Å²) in [5.74, 6) is -0.373. The van der Waals surface area contributed by atoms with Gasteiger partial charge in [-0.1, -0.05) is 12.1 Å². The van der Waals surface area contributed by atoms with Crippen LogP contribution in [0.1, 0.15) is 20.8 Å². The van der Waals surface area contributed by atoms with Gasteiger partial charge in [-0.25, -0.2) is 4.98 Å². The zero-order valence-corrected chi connectivity index (χ0v) is 19.5. The second kappa shape index (κ2) is 11.0. The fourth-order valence-corrected chi connectivity index (χ4v) is 4.58. The molecule has 3 rings (SSSR count). The molecule has 9 nitrogen and oxygen atoms in total. The molecule has 176 valence electrons. The number of thioether (sulfide) groups is 1. The van der Waals surface area contributed by atoms with E-state index in [1.807, 2.05) is 24.3 Å². The van der Waals surface area contributed by atoms with Crippen molar-refractivity contribution in [3.63, 3.8) is 0 Å². The van der Waals surface area contributed by atoms with Crippen molar-refractivity contribution in [2.75, 3.05) is 12.9 Å². The van der Waals surface area contributed by atoms with Gasteiger partial charge < -0.3 is 23.7 Å². The van der Waals surface area contributed by atoms with E-state index in [4.69, 9.17) is 23.7 Å². The molecule has 1 aliphatic heterocycles. The first-order valence-electron chi connectivity index (χ1n) is 10.2. The highest BCUT2D eigenvalue weighted by Crippen LogP contribution is 2.35. The summed E-state index contributed by atoms with van der Waals surface area (Å²) in [7, 11) is 1.55. The molecule has 0 N–H and O–H groups in total. The molecule has 1 fully saturated rings. The lowest BCUT2D eigenvalue weighted by Crippen LogP contribution is -2.55. The average molecular weight is 476 g/mol. The van der Waals surface area contributed by atoms with Gasteiger partial charge >= 0.3 is 17.9 Å². The van der Waals surface area contributed by atoms with Crippen LogP contribution in [0.2, 0.25) is 0 Å². The van der Waals surface area contributed by atoms with Crippen molar-refractivity contribution in [3.05, 3.63) is 42.6 Å². The molecule has 2 aromatic rings. The second-order valence-corrected chi connectivity index (χ2v) is 8.36. The third-order valence-electron chi connectivity index (χ3n) is 4.67. The highest BCUT2D eigenvalue weighted by Gasteiger charge is 2.47. The molecule has 2 heterocycles. The largest absolute Gasteiger partial charge is 0.481 e. The van der Waals surface area contributed by atoms with Crippen molar-refractivity contribution in [1.82, 2.24) is 4.98 Å². The number of hydrogen-bond donors (Lipinski definition) is 0. The van der Waals surface area contributed by atoms with E-state index in [1.165, 1.54) is 32.5 Å². The van der Waals surface area contributed by atoms with Gasteiger partial charge in [0.2, 0.25) is 5.88 Å². The van der Waals surface area contributed by atoms with Gasteiger partial charge in [0.05, 0.1) is 7.11 Å². The third kappa shape index (κ3) is 6.61. The highest BCUT2D eigenvalue weighted by atomic mass is 32.2. The van der Waals surface area contributed by atoms with Crippen LogP contribution in [0.4, 0.5) is 0 Å². The Hall–Kier alpha value is -3.27. The molecule has 0 radical (unpaired) electrons. The zero-order chi connectivity index (χ0) is 24.0. The quantitative estimate of drug-likeness (QED) is 0.438. The number of ether oxygens (including phenoxy) is 5. The normalized spacial score (nSPS) is 22.1. The first-order chi connectivity index (χ1) is 15.8. The number of rotatable bonds is 7. The Kier molecular flexibility index (Phi) is 8.16. The van der Waals surface area contributed by atoms with Crippen LogP contribution in [0.5, 0.6) is 11.6 Å². The first-order valence-corrected chi connectivity index (χ1v) is 11.2. The summed E-state index contributed by atoms with van der Waals surface area (Å²) in [4.78, 5) is 39.3. The van der Waals surface area contributed by atoms with Gasteiger partial charge in [-0.2, -0.15) is 0 Å². The molecule has 10 heteroatoms. The Morgan fingerprint density at radius 3 is 2.21 bits per heavy atom. The van der Waals surface area contributed by atoms with Crippen LogP contribution in [0, 0.1) is 0 Å². The van der Waals surface area contributed by atoms with E-state index in [0.29, 0.717) is 17.4 Å². The zero-order valence-electron chi connectivity index (χ0n) is 18.7. The third-order valence-corrected chi connectivity index (χ3v) is 5.88. The molecule has 1 aliphatic rings. The van der Waals surface area contributed by atoms with Crippen LogP contribution >= 0.6 is 11.8 Å². The molecule has 1 saturated heterocycles. The molecule has 0 saturated carbocycles. The Bertz CT molecular complexity index is 996. The molecular formula is C23H25NO8S. The minimum atomic E-state index is -1.00. The van der Waals surface area contributed by atoms with Crippen molar-refractivity contribution in [2.24, 2.45) is 0 Å². The predicted octanol–water partition coefficient (Wildman–Crippen LogP) is 3.00. The number of nitrogens with zero attached hydrogens (tertiary/aromatic N) is 1. The summed E-state index contributed by atoms with van der Waals surface area (Å²) in [5.41, 5.74) is 1.03. The molecule has 33 heavy (non-hydrogen) atoms. The maximum absolute atomic E-state index is 11.8. The van der Waals surface area contributed by atoms with Gasteiger partial charge in [-0.15, -0.1) is 11.8 Å². The van der Waals surface area contributed by atoms with Crippen molar-refractivity contribution in [2.45, 2.75) is 44.5 Å². The van der Waals surface area contributed by atoms with Crippen LogP contribution in [-0.2, 0) is 28.6 Å². The lowest BCUT2D eigenvalue weighted by atomic mass is 10.1. The number of esters is 3. The van der Waals surface area contributed by atoms with Gasteiger partial charge in [0.25, 0.3) is 0 Å². The standard InChI is InChI=1S/C23H25NO8S/c1-13(25)29-19-12-33-23(22(31-15(3)27)21(19)30-14(2)26)32-18-7-5-6-16(10-18)17-8-9-20(28-4)24-11-17/h5-11,19,21-23H,12H2,1-4H3/t19-,21+,22-,23+/m1/s1. The number of aromatic nitrogens is 1. The molecule has 1 aromatic heterocycles. The van der Waals surface area contributed by atoms with Crippen LogP contribution in [0.3, 0.4) is 0 Å². The van der Waals surface area contributed by atoms with E-state index >= 15 is 0 Å². The summed E-state index contributed by atoms with van der Waals surface area (Å²) in [6.07, 6.45) is -1.08. The van der Waals surface area contributed by atoms with Crippen molar-refractivity contribution in [1.29, 1.82) is 0 Å². The van der Waals surface area contributed by atoms with Crippen molar-refractivity contribution in [3.8, 4) is 22.8 Å². The molecule has 0 bridgehead atoms. The summed E-state index contributed by atoms with van der Waals surface area (Å²) >= 11 is 1.30. The van der Waals surface area contributed by atoms with Crippen LogP contribution < -0.4 is 9.47 Å². The molecule has 1 aromatic carbocycles. The Labute approximate surface area is 195 Å². The average Bonchev–Trinajstić information content (AvgIpc) is 2.77. The van der Waals surface area contributed by atoms with E-state index in [-0.39, 0.29) is 0 Å². The maximum Gasteiger partial charge on any atom is 0.303 e. The summed E-state index contributed by atoms with van der Waals surface area (Å²) in [6, 6.07) is 11.0. The number of carbonyl (C=O) groups is 3. The topological polar surface area (TPSA) is 110 Å². The van der Waals surface area contributed by atoms with Crippen molar-refractivity contribution < 1.29 is 38.1 Å². The van der Waals surface area contributed by atoms with Gasteiger partial charge in [0.1, 0.15) is 5.75 Å². The Morgan fingerprint density at radius 1 is 0.909 bits per heavy atom. The van der Waals surface area contributed by atoms with Crippen LogP contribution in [0.25, 0.3) is 11.1 Å². The highest BCUT2D eigenvalue weighted by molar-refractivity contribution is 7.99. The van der Waals surface area contributed by atoms with Gasteiger partial charge in [-0.3, -0.25) is 14.4 Å². The Morgan fingerprint density at radius 2 is 1.61 bits per heavy atom. The van der Waals surface area contributed by atoms with E-state index in [0.717, 1.165) is 11.1 Å². The Balaban J connectivity index is 1.85. The van der Waals surface area contributed by atoms with Gasteiger partial charge in [0, 0.05) is 44.4 Å². The summed E-state index contributed by atoms with van der Waals surface area (Å²) in [5, 5.41) is 0. The SMILES string of the molecule is COc1ccc(-c2cccc(O[C@H]3SC[C@@H](OC(C)=O)[C@H](OC(C)=O)[C@H]3OC(C)=O)c2)cn1. The van der Waals surface area contributed by atoms with Gasteiger partial charge in [0.15, 0.2) is 23.7 Å². The summed E-state index contributed by atoms with van der Waals surface area (Å²) in [6.45, 7) is 3.75. The number of carbonyl (C=O) groups excluding carboxylic acids is 3. The number of benzene rings is 1. The fraction of sp³-hybridized carbons (Fsp3) is 0.391. The van der Waals surface area contributed by atoms with E-state index in [2.05, 4.69) is 4.98 Å².